The lowest BCUT2D eigenvalue weighted by atomic mass is 10.1. The van der Waals surface area contributed by atoms with Crippen molar-refractivity contribution in [2.24, 2.45) is 0 Å². The predicted octanol–water partition coefficient (Wildman–Crippen LogP) is 4.66. The third kappa shape index (κ3) is 4.84. The number of benzene rings is 2. The number of rotatable bonds is 5. The Kier molecular flexibility index (Phi) is 5.23. The number of ketones is 1. The molecule has 98 valence electrons. The van der Waals surface area contributed by atoms with Crippen LogP contribution in [0.15, 0.2) is 57.9 Å². The van der Waals surface area contributed by atoms with Crippen LogP contribution in [0.5, 0.6) is 0 Å². The zero-order valence-corrected chi connectivity index (χ0v) is 13.1. The first kappa shape index (κ1) is 14.4. The first-order valence-corrected chi connectivity index (χ1v) is 7.87. The van der Waals surface area contributed by atoms with Gasteiger partial charge in [-0.15, -0.1) is 11.8 Å². The van der Waals surface area contributed by atoms with Gasteiger partial charge in [-0.05, 0) is 36.8 Å². The predicted molar refractivity (Wildman–Crippen MR) is 84.8 cm³/mol. The van der Waals surface area contributed by atoms with Crippen molar-refractivity contribution in [1.29, 1.82) is 0 Å². The Labute approximate surface area is 126 Å². The molecule has 0 aliphatic rings. The second kappa shape index (κ2) is 6.92. The van der Waals surface area contributed by atoms with Gasteiger partial charge in [0.2, 0.25) is 0 Å². The minimum atomic E-state index is 0.254. The van der Waals surface area contributed by atoms with Crippen LogP contribution in [0.2, 0.25) is 0 Å². The largest absolute Gasteiger partial charge is 0.298 e. The number of hydrogen-bond donors (Lipinski definition) is 0. The fraction of sp³-hybridized carbons (Fsp3) is 0.188. The molecule has 0 amide bonds. The molecule has 1 nitrogen and oxygen atoms in total. The van der Waals surface area contributed by atoms with Crippen molar-refractivity contribution in [3.63, 3.8) is 0 Å². The van der Waals surface area contributed by atoms with Gasteiger partial charge >= 0.3 is 0 Å². The van der Waals surface area contributed by atoms with E-state index in [0.717, 1.165) is 14.9 Å². The molecule has 0 radical (unpaired) electrons. The molecule has 0 fully saturated rings. The van der Waals surface area contributed by atoms with Crippen LogP contribution in [0, 0.1) is 6.92 Å². The summed E-state index contributed by atoms with van der Waals surface area (Å²) in [5.74, 6) is 0.778. The standard InChI is InChI=1S/C16H15BrOS/c1-12-4-2-7-16(8-12)19-11-15(18)10-13-5-3-6-14(17)9-13/h2-9H,10-11H2,1H3. The summed E-state index contributed by atoms with van der Waals surface area (Å²) in [5.41, 5.74) is 2.29. The monoisotopic (exact) mass is 334 g/mol. The molecular weight excluding hydrogens is 320 g/mol. The Hall–Kier alpha value is -1.06. The maximum Gasteiger partial charge on any atom is 0.147 e. The van der Waals surface area contributed by atoms with E-state index >= 15 is 0 Å². The molecule has 0 saturated carbocycles. The second-order valence-electron chi connectivity index (χ2n) is 4.45. The molecule has 2 aromatic rings. The zero-order chi connectivity index (χ0) is 13.7. The molecule has 0 heterocycles. The summed E-state index contributed by atoms with van der Waals surface area (Å²) in [6, 6.07) is 16.1. The Morgan fingerprint density at radius 3 is 2.68 bits per heavy atom. The lowest BCUT2D eigenvalue weighted by Gasteiger charge is -2.03. The van der Waals surface area contributed by atoms with Gasteiger partial charge in [0.25, 0.3) is 0 Å². The Morgan fingerprint density at radius 2 is 1.95 bits per heavy atom. The van der Waals surface area contributed by atoms with Crippen molar-refractivity contribution in [2.75, 3.05) is 5.75 Å². The van der Waals surface area contributed by atoms with Crippen LogP contribution in [-0.4, -0.2) is 11.5 Å². The van der Waals surface area contributed by atoms with Crippen LogP contribution in [0.1, 0.15) is 11.1 Å². The van der Waals surface area contributed by atoms with Gasteiger partial charge in [-0.25, -0.2) is 0 Å². The Morgan fingerprint density at radius 1 is 1.16 bits per heavy atom. The first-order valence-electron chi connectivity index (χ1n) is 6.09. The maximum atomic E-state index is 11.9. The summed E-state index contributed by atoms with van der Waals surface area (Å²) < 4.78 is 1.02. The van der Waals surface area contributed by atoms with E-state index in [9.17, 15) is 4.79 Å². The quantitative estimate of drug-likeness (QED) is 0.739. The van der Waals surface area contributed by atoms with E-state index in [1.807, 2.05) is 36.4 Å². The lowest BCUT2D eigenvalue weighted by molar-refractivity contribution is -0.116. The topological polar surface area (TPSA) is 17.1 Å². The molecule has 3 heteroatoms. The number of thioether (sulfide) groups is 1. The fourth-order valence-corrected chi connectivity index (χ4v) is 3.11. The van der Waals surface area contributed by atoms with Crippen LogP contribution in [0.4, 0.5) is 0 Å². The molecule has 0 atom stereocenters. The molecule has 0 aliphatic carbocycles. The van der Waals surface area contributed by atoms with Gasteiger partial charge in [0.15, 0.2) is 0 Å². The number of carbonyl (C=O) groups is 1. The molecule has 0 aliphatic heterocycles. The highest BCUT2D eigenvalue weighted by atomic mass is 79.9. The van der Waals surface area contributed by atoms with Crippen molar-refractivity contribution in [1.82, 2.24) is 0 Å². The van der Waals surface area contributed by atoms with Crippen LogP contribution in [0.25, 0.3) is 0 Å². The number of halogens is 1. The summed E-state index contributed by atoms with van der Waals surface area (Å²) in [6.45, 7) is 2.06. The average molecular weight is 335 g/mol. The highest BCUT2D eigenvalue weighted by Crippen LogP contribution is 2.20. The average Bonchev–Trinajstić information content (AvgIpc) is 2.36. The SMILES string of the molecule is Cc1cccc(SCC(=O)Cc2cccc(Br)c2)c1. The van der Waals surface area contributed by atoms with Gasteiger partial charge in [0.1, 0.15) is 5.78 Å². The lowest BCUT2D eigenvalue weighted by Crippen LogP contribution is -2.05. The van der Waals surface area contributed by atoms with E-state index in [2.05, 4.69) is 35.0 Å². The number of hydrogen-bond acceptors (Lipinski definition) is 2. The molecule has 0 bridgehead atoms. The molecule has 0 spiro atoms. The second-order valence-corrected chi connectivity index (χ2v) is 6.41. The van der Waals surface area contributed by atoms with Crippen molar-refractivity contribution in [3.8, 4) is 0 Å². The van der Waals surface area contributed by atoms with E-state index in [4.69, 9.17) is 0 Å². The number of Topliss-reactive ketones (excluding diaryl/α,β-unsaturated/α-hetero) is 1. The summed E-state index contributed by atoms with van der Waals surface area (Å²) in [7, 11) is 0. The van der Waals surface area contributed by atoms with Gasteiger partial charge in [0, 0.05) is 15.8 Å². The highest BCUT2D eigenvalue weighted by molar-refractivity contribution is 9.10. The fourth-order valence-electron chi connectivity index (χ4n) is 1.79. The molecule has 0 unspecified atom stereocenters. The number of carbonyl (C=O) groups excluding carboxylic acids is 1. The summed E-state index contributed by atoms with van der Waals surface area (Å²) in [4.78, 5) is 13.1. The minimum Gasteiger partial charge on any atom is -0.298 e. The molecule has 2 aromatic carbocycles. The molecule has 19 heavy (non-hydrogen) atoms. The molecule has 0 N–H and O–H groups in total. The van der Waals surface area contributed by atoms with Crippen LogP contribution >= 0.6 is 27.7 Å². The van der Waals surface area contributed by atoms with Gasteiger partial charge in [-0.1, -0.05) is 45.8 Å². The van der Waals surface area contributed by atoms with E-state index in [1.54, 1.807) is 11.8 Å². The van der Waals surface area contributed by atoms with Crippen molar-refractivity contribution < 1.29 is 4.79 Å². The van der Waals surface area contributed by atoms with Gasteiger partial charge in [0.05, 0.1) is 5.75 Å². The molecule has 0 saturated heterocycles. The summed E-state index contributed by atoms with van der Waals surface area (Å²) in [6.07, 6.45) is 0.498. The number of aryl methyl sites for hydroxylation is 1. The van der Waals surface area contributed by atoms with Gasteiger partial charge < -0.3 is 0 Å². The van der Waals surface area contributed by atoms with Gasteiger partial charge in [-0.3, -0.25) is 4.79 Å². The normalized spacial score (nSPS) is 10.4. The van der Waals surface area contributed by atoms with Crippen molar-refractivity contribution in [3.05, 3.63) is 64.1 Å². The van der Waals surface area contributed by atoms with E-state index < -0.39 is 0 Å². The van der Waals surface area contributed by atoms with Crippen LogP contribution in [0.3, 0.4) is 0 Å². The third-order valence-electron chi connectivity index (χ3n) is 2.68. The van der Waals surface area contributed by atoms with Crippen LogP contribution in [-0.2, 0) is 11.2 Å². The minimum absolute atomic E-state index is 0.254. The van der Waals surface area contributed by atoms with E-state index in [1.165, 1.54) is 5.56 Å². The maximum absolute atomic E-state index is 11.9. The summed E-state index contributed by atoms with van der Waals surface area (Å²) >= 11 is 5.02. The van der Waals surface area contributed by atoms with Gasteiger partial charge in [-0.2, -0.15) is 0 Å². The molecular formula is C16H15BrOS. The van der Waals surface area contributed by atoms with Crippen molar-refractivity contribution >= 4 is 33.5 Å². The Bertz CT molecular complexity index is 580. The summed E-state index contributed by atoms with van der Waals surface area (Å²) in [5, 5.41) is 0. The highest BCUT2D eigenvalue weighted by Gasteiger charge is 2.05. The van der Waals surface area contributed by atoms with Crippen LogP contribution < -0.4 is 0 Å². The Balaban J connectivity index is 1.88. The van der Waals surface area contributed by atoms with E-state index in [-0.39, 0.29) is 5.78 Å². The van der Waals surface area contributed by atoms with E-state index in [0.29, 0.717) is 12.2 Å². The zero-order valence-electron chi connectivity index (χ0n) is 10.7. The third-order valence-corrected chi connectivity index (χ3v) is 4.23. The molecule has 0 aromatic heterocycles. The smallest absolute Gasteiger partial charge is 0.147 e. The van der Waals surface area contributed by atoms with Crippen molar-refractivity contribution in [2.45, 2.75) is 18.2 Å². The first-order chi connectivity index (χ1) is 9.13. The molecule has 2 rings (SSSR count).